The third-order valence-corrected chi connectivity index (χ3v) is 7.50. The molecule has 0 radical (unpaired) electrons. The van der Waals surface area contributed by atoms with Crippen molar-refractivity contribution in [1.29, 1.82) is 0 Å². The van der Waals surface area contributed by atoms with Gasteiger partial charge in [-0.3, -0.25) is 9.48 Å². The van der Waals surface area contributed by atoms with Gasteiger partial charge in [0.25, 0.3) is 0 Å². The average molecular weight is 495 g/mol. The maximum absolute atomic E-state index is 13.5. The molecular weight excluding hydrogens is 471 g/mol. The quantitative estimate of drug-likeness (QED) is 0.362. The number of aryl methyl sites for hydroxylation is 1. The molecule has 4 aromatic rings. The number of aromatic nitrogens is 2. The summed E-state index contributed by atoms with van der Waals surface area (Å²) in [5, 5.41) is 14.0. The smallest absolute Gasteiger partial charge is 0.307 e. The van der Waals surface area contributed by atoms with Gasteiger partial charge in [-0.1, -0.05) is 30.3 Å². The van der Waals surface area contributed by atoms with Crippen molar-refractivity contribution in [3.63, 3.8) is 0 Å². The summed E-state index contributed by atoms with van der Waals surface area (Å²) in [5.41, 5.74) is 2.84. The highest BCUT2D eigenvalue weighted by molar-refractivity contribution is 7.91. The van der Waals surface area contributed by atoms with Crippen LogP contribution in [0, 0.1) is 12.7 Å². The molecule has 0 amide bonds. The van der Waals surface area contributed by atoms with E-state index in [9.17, 15) is 22.7 Å². The molecule has 9 heteroatoms. The molecule has 7 nitrogen and oxygen atoms in total. The molecule has 0 aliphatic heterocycles. The standard InChI is InChI=1S/C26H23FN2O5S/c1-17-23(15-25(30)31)26(18-6-4-3-5-7-18)29(28-17)16-19-14-21(34-2)10-13-24(19)35(32,33)22-11-8-20(27)9-12-22/h3-14H,15-16H2,1-2H3,(H,30,31). The van der Waals surface area contributed by atoms with Crippen LogP contribution in [0.5, 0.6) is 5.75 Å². The van der Waals surface area contributed by atoms with Gasteiger partial charge in [0.1, 0.15) is 11.6 Å². The molecule has 35 heavy (non-hydrogen) atoms. The first-order valence-corrected chi connectivity index (χ1v) is 12.2. The second kappa shape index (κ2) is 9.71. The van der Waals surface area contributed by atoms with Crippen LogP contribution in [0.4, 0.5) is 4.39 Å². The van der Waals surface area contributed by atoms with Crippen molar-refractivity contribution in [2.45, 2.75) is 29.7 Å². The molecule has 0 aliphatic rings. The van der Waals surface area contributed by atoms with Crippen LogP contribution in [0.2, 0.25) is 0 Å². The SMILES string of the molecule is COc1ccc(S(=O)(=O)c2ccc(F)cc2)c(Cn2nc(C)c(CC(=O)O)c2-c2ccccc2)c1. The Balaban J connectivity index is 1.88. The first-order chi connectivity index (χ1) is 16.7. The van der Waals surface area contributed by atoms with Crippen molar-refractivity contribution in [2.75, 3.05) is 7.11 Å². The molecule has 0 aliphatic carbocycles. The van der Waals surface area contributed by atoms with Crippen LogP contribution in [-0.2, 0) is 27.6 Å². The van der Waals surface area contributed by atoms with Gasteiger partial charge in [-0.25, -0.2) is 12.8 Å². The van der Waals surface area contributed by atoms with Crippen LogP contribution in [0.1, 0.15) is 16.8 Å². The number of ether oxygens (including phenoxy) is 1. The van der Waals surface area contributed by atoms with E-state index >= 15 is 0 Å². The third-order valence-electron chi connectivity index (χ3n) is 5.63. The number of sulfone groups is 1. The molecule has 1 aromatic heterocycles. The molecule has 1 N–H and O–H groups in total. The lowest BCUT2D eigenvalue weighted by molar-refractivity contribution is -0.136. The van der Waals surface area contributed by atoms with E-state index in [0.717, 1.165) is 17.7 Å². The fourth-order valence-corrected chi connectivity index (χ4v) is 5.45. The highest BCUT2D eigenvalue weighted by Crippen LogP contribution is 2.32. The van der Waals surface area contributed by atoms with Crippen molar-refractivity contribution in [3.05, 3.63) is 95.4 Å². The Labute approximate surface area is 202 Å². The monoisotopic (exact) mass is 494 g/mol. The highest BCUT2D eigenvalue weighted by Gasteiger charge is 2.25. The maximum Gasteiger partial charge on any atom is 0.307 e. The van der Waals surface area contributed by atoms with Gasteiger partial charge in [0, 0.05) is 11.1 Å². The van der Waals surface area contributed by atoms with Gasteiger partial charge in [-0.15, -0.1) is 0 Å². The predicted octanol–water partition coefficient (Wildman–Crippen LogP) is 4.51. The normalized spacial score (nSPS) is 11.4. The van der Waals surface area contributed by atoms with Crippen LogP contribution in [0.25, 0.3) is 11.3 Å². The zero-order chi connectivity index (χ0) is 25.2. The molecule has 180 valence electrons. The molecule has 4 rings (SSSR count). The largest absolute Gasteiger partial charge is 0.497 e. The zero-order valence-electron chi connectivity index (χ0n) is 19.1. The van der Waals surface area contributed by atoms with E-state index in [4.69, 9.17) is 4.74 Å². The van der Waals surface area contributed by atoms with Crippen LogP contribution in [-0.4, -0.2) is 36.4 Å². The molecule has 0 fully saturated rings. The summed E-state index contributed by atoms with van der Waals surface area (Å²) in [6, 6.07) is 18.4. The number of methoxy groups -OCH3 is 1. The van der Waals surface area contributed by atoms with Gasteiger partial charge in [-0.05, 0) is 55.0 Å². The molecule has 0 atom stereocenters. The Morgan fingerprint density at radius 1 is 1.06 bits per heavy atom. The number of carbonyl (C=O) groups is 1. The minimum Gasteiger partial charge on any atom is -0.497 e. The topological polar surface area (TPSA) is 98.5 Å². The van der Waals surface area contributed by atoms with Crippen molar-refractivity contribution in [3.8, 4) is 17.0 Å². The van der Waals surface area contributed by atoms with Crippen molar-refractivity contribution in [2.24, 2.45) is 0 Å². The summed E-state index contributed by atoms with van der Waals surface area (Å²) in [4.78, 5) is 11.5. The van der Waals surface area contributed by atoms with E-state index < -0.39 is 21.6 Å². The van der Waals surface area contributed by atoms with Crippen molar-refractivity contribution < 1.29 is 27.4 Å². The Morgan fingerprint density at radius 2 is 1.74 bits per heavy atom. The number of benzene rings is 3. The predicted molar refractivity (Wildman–Crippen MR) is 128 cm³/mol. The van der Waals surface area contributed by atoms with Gasteiger partial charge < -0.3 is 9.84 Å². The number of hydrogen-bond donors (Lipinski definition) is 1. The lowest BCUT2D eigenvalue weighted by Crippen LogP contribution is -2.11. The minimum atomic E-state index is -3.99. The first-order valence-electron chi connectivity index (χ1n) is 10.7. The Bertz CT molecular complexity index is 1480. The number of carboxylic acid groups (broad SMARTS) is 1. The second-order valence-electron chi connectivity index (χ2n) is 7.94. The number of hydrogen-bond acceptors (Lipinski definition) is 5. The molecule has 0 spiro atoms. The number of carboxylic acids is 1. The van der Waals surface area contributed by atoms with E-state index in [0.29, 0.717) is 28.3 Å². The molecule has 0 saturated heterocycles. The molecule has 0 unspecified atom stereocenters. The van der Waals surface area contributed by atoms with Gasteiger partial charge in [-0.2, -0.15) is 5.10 Å². The molecular formula is C26H23FN2O5S. The lowest BCUT2D eigenvalue weighted by Gasteiger charge is -2.15. The number of nitrogens with zero attached hydrogens (tertiary/aromatic N) is 2. The van der Waals surface area contributed by atoms with E-state index in [1.54, 1.807) is 23.7 Å². The van der Waals surface area contributed by atoms with E-state index in [1.807, 2.05) is 30.3 Å². The lowest BCUT2D eigenvalue weighted by atomic mass is 10.0. The van der Waals surface area contributed by atoms with E-state index in [-0.39, 0.29) is 22.8 Å². The van der Waals surface area contributed by atoms with Crippen LogP contribution in [0.3, 0.4) is 0 Å². The van der Waals surface area contributed by atoms with Crippen LogP contribution in [0.15, 0.2) is 82.6 Å². The molecule has 0 saturated carbocycles. The van der Waals surface area contributed by atoms with Gasteiger partial charge in [0.05, 0.1) is 41.3 Å². The van der Waals surface area contributed by atoms with Gasteiger partial charge in [0.15, 0.2) is 0 Å². The fraction of sp³-hybridized carbons (Fsp3) is 0.154. The molecule has 0 bridgehead atoms. The highest BCUT2D eigenvalue weighted by atomic mass is 32.2. The number of rotatable bonds is 8. The summed E-state index contributed by atoms with van der Waals surface area (Å²) in [6.07, 6.45) is -0.227. The number of halogens is 1. The average Bonchev–Trinajstić information content (AvgIpc) is 3.13. The van der Waals surface area contributed by atoms with Crippen molar-refractivity contribution in [1.82, 2.24) is 9.78 Å². The van der Waals surface area contributed by atoms with E-state index in [1.165, 1.54) is 25.3 Å². The molecule has 1 heterocycles. The Morgan fingerprint density at radius 3 is 2.37 bits per heavy atom. The third kappa shape index (κ3) is 4.95. The summed E-state index contributed by atoms with van der Waals surface area (Å²) in [7, 11) is -2.51. The minimum absolute atomic E-state index is 0.0249. The maximum atomic E-state index is 13.5. The molecule has 3 aromatic carbocycles. The first kappa shape index (κ1) is 24.2. The van der Waals surface area contributed by atoms with Crippen molar-refractivity contribution >= 4 is 15.8 Å². The number of aliphatic carboxylic acids is 1. The Hall–Kier alpha value is -3.98. The summed E-state index contributed by atoms with van der Waals surface area (Å²) < 4.78 is 47.3. The summed E-state index contributed by atoms with van der Waals surface area (Å²) >= 11 is 0. The van der Waals surface area contributed by atoms with Gasteiger partial charge in [0.2, 0.25) is 9.84 Å². The van der Waals surface area contributed by atoms with Crippen LogP contribution < -0.4 is 4.74 Å². The van der Waals surface area contributed by atoms with E-state index in [2.05, 4.69) is 5.10 Å². The van der Waals surface area contributed by atoms with Gasteiger partial charge >= 0.3 is 5.97 Å². The summed E-state index contributed by atoms with van der Waals surface area (Å²) in [6.45, 7) is 1.76. The summed E-state index contributed by atoms with van der Waals surface area (Å²) in [5.74, 6) is -1.08. The Kier molecular flexibility index (Phi) is 6.70. The fourth-order valence-electron chi connectivity index (χ4n) is 3.99. The second-order valence-corrected chi connectivity index (χ2v) is 9.86. The van der Waals surface area contributed by atoms with Crippen LogP contribution >= 0.6 is 0 Å². The zero-order valence-corrected chi connectivity index (χ0v) is 19.9.